The van der Waals surface area contributed by atoms with E-state index in [-0.39, 0.29) is 11.9 Å². The largest absolute Gasteiger partial charge is 0.481 e. The lowest BCUT2D eigenvalue weighted by Crippen LogP contribution is -2.40. The van der Waals surface area contributed by atoms with Gasteiger partial charge in [0.1, 0.15) is 0 Å². The van der Waals surface area contributed by atoms with Crippen LogP contribution in [-0.2, 0) is 4.79 Å². The van der Waals surface area contributed by atoms with Crippen LogP contribution >= 0.6 is 15.9 Å². The fourth-order valence-corrected chi connectivity index (χ4v) is 2.79. The normalized spacial score (nSPS) is 22.2. The average Bonchev–Trinajstić information content (AvgIpc) is 2.80. The summed E-state index contributed by atoms with van der Waals surface area (Å²) in [7, 11) is 0. The molecule has 2 rings (SSSR count). The molecule has 2 unspecified atom stereocenters. The Labute approximate surface area is 120 Å². The number of aryl methyl sites for hydroxylation is 1. The Kier molecular flexibility index (Phi) is 4.24. The van der Waals surface area contributed by atoms with Crippen LogP contribution in [0.2, 0.25) is 0 Å². The second-order valence-corrected chi connectivity index (χ2v) is 5.77. The summed E-state index contributed by atoms with van der Waals surface area (Å²) in [5.74, 6) is -1.50. The van der Waals surface area contributed by atoms with Gasteiger partial charge in [-0.05, 0) is 37.5 Å². The lowest BCUT2D eigenvalue weighted by Gasteiger charge is -2.17. The van der Waals surface area contributed by atoms with Gasteiger partial charge in [-0.15, -0.1) is 0 Å². The Morgan fingerprint density at radius 1 is 1.37 bits per heavy atom. The van der Waals surface area contributed by atoms with E-state index in [4.69, 9.17) is 5.11 Å². The molecule has 2 N–H and O–H groups in total. The van der Waals surface area contributed by atoms with Gasteiger partial charge in [0.2, 0.25) is 0 Å². The third-order valence-electron chi connectivity index (χ3n) is 3.58. The molecular weight excluding hydrogens is 310 g/mol. The zero-order valence-electron chi connectivity index (χ0n) is 10.6. The Bertz CT molecular complexity index is 515. The summed E-state index contributed by atoms with van der Waals surface area (Å²) in [4.78, 5) is 23.2. The summed E-state index contributed by atoms with van der Waals surface area (Å²) in [6.07, 6.45) is 2.22. The number of carbonyl (C=O) groups is 2. The Hall–Kier alpha value is -1.36. The number of carbonyl (C=O) groups excluding carboxylic acids is 1. The monoisotopic (exact) mass is 325 g/mol. The highest BCUT2D eigenvalue weighted by Crippen LogP contribution is 2.26. The van der Waals surface area contributed by atoms with Gasteiger partial charge in [0, 0.05) is 16.1 Å². The zero-order chi connectivity index (χ0) is 14.0. The van der Waals surface area contributed by atoms with Crippen molar-refractivity contribution in [1.82, 2.24) is 5.32 Å². The van der Waals surface area contributed by atoms with Crippen molar-refractivity contribution >= 4 is 27.8 Å². The van der Waals surface area contributed by atoms with Crippen LogP contribution in [0.4, 0.5) is 0 Å². The molecule has 0 radical (unpaired) electrons. The quantitative estimate of drug-likeness (QED) is 0.897. The maximum Gasteiger partial charge on any atom is 0.308 e. The average molecular weight is 326 g/mol. The van der Waals surface area contributed by atoms with Crippen LogP contribution in [-0.4, -0.2) is 23.0 Å². The van der Waals surface area contributed by atoms with Gasteiger partial charge in [-0.1, -0.05) is 28.4 Å². The van der Waals surface area contributed by atoms with Crippen LogP contribution in [0.3, 0.4) is 0 Å². The van der Waals surface area contributed by atoms with Gasteiger partial charge in [0.25, 0.3) is 5.91 Å². The fourth-order valence-electron chi connectivity index (χ4n) is 2.41. The number of amides is 1. The van der Waals surface area contributed by atoms with Crippen LogP contribution in [0, 0.1) is 12.8 Å². The Morgan fingerprint density at radius 3 is 2.74 bits per heavy atom. The molecule has 0 aromatic heterocycles. The molecule has 0 spiro atoms. The Morgan fingerprint density at radius 2 is 2.11 bits per heavy atom. The standard InChI is InChI=1S/C14H16BrNO3/c1-8-5-6-9(7-11(8)15)13(17)16-12-4-2-3-10(12)14(18)19/h5-7,10,12H,2-4H2,1H3,(H,16,17)(H,18,19). The summed E-state index contributed by atoms with van der Waals surface area (Å²) in [6.45, 7) is 1.95. The number of aliphatic carboxylic acids is 1. The van der Waals surface area contributed by atoms with Gasteiger partial charge in [-0.2, -0.15) is 0 Å². The second kappa shape index (κ2) is 5.74. The molecule has 1 fully saturated rings. The molecule has 0 heterocycles. The van der Waals surface area contributed by atoms with E-state index in [0.29, 0.717) is 12.0 Å². The molecule has 102 valence electrons. The number of rotatable bonds is 3. The highest BCUT2D eigenvalue weighted by molar-refractivity contribution is 9.10. The number of nitrogens with one attached hydrogen (secondary N) is 1. The molecule has 1 aliphatic rings. The minimum atomic E-state index is -0.826. The number of carboxylic acids is 1. The fraction of sp³-hybridized carbons (Fsp3) is 0.429. The van der Waals surface area contributed by atoms with E-state index in [1.54, 1.807) is 12.1 Å². The minimum absolute atomic E-state index is 0.209. The Balaban J connectivity index is 2.08. The first-order valence-electron chi connectivity index (χ1n) is 6.29. The van der Waals surface area contributed by atoms with E-state index < -0.39 is 11.9 Å². The molecular formula is C14H16BrNO3. The summed E-state index contributed by atoms with van der Waals surface area (Å²) in [6, 6.07) is 5.11. The molecule has 0 bridgehead atoms. The lowest BCUT2D eigenvalue weighted by molar-refractivity contribution is -0.142. The van der Waals surface area contributed by atoms with Crippen LogP contribution in [0.1, 0.15) is 35.2 Å². The third-order valence-corrected chi connectivity index (χ3v) is 4.44. The highest BCUT2D eigenvalue weighted by Gasteiger charge is 2.33. The molecule has 1 saturated carbocycles. The molecule has 5 heteroatoms. The first-order chi connectivity index (χ1) is 8.99. The van der Waals surface area contributed by atoms with Crippen molar-refractivity contribution in [2.45, 2.75) is 32.2 Å². The van der Waals surface area contributed by atoms with Gasteiger partial charge in [0.15, 0.2) is 0 Å². The van der Waals surface area contributed by atoms with E-state index in [1.807, 2.05) is 13.0 Å². The summed E-state index contributed by atoms with van der Waals surface area (Å²) in [5.41, 5.74) is 1.61. The topological polar surface area (TPSA) is 66.4 Å². The molecule has 2 atom stereocenters. The molecule has 1 aliphatic carbocycles. The SMILES string of the molecule is Cc1ccc(C(=O)NC2CCCC2C(=O)O)cc1Br. The first kappa shape index (κ1) is 14.1. The van der Waals surface area contributed by atoms with Crippen molar-refractivity contribution in [3.05, 3.63) is 33.8 Å². The molecule has 1 aromatic rings. The van der Waals surface area contributed by atoms with Crippen molar-refractivity contribution in [1.29, 1.82) is 0 Å². The highest BCUT2D eigenvalue weighted by atomic mass is 79.9. The van der Waals surface area contributed by atoms with E-state index in [9.17, 15) is 9.59 Å². The summed E-state index contributed by atoms with van der Waals surface area (Å²) in [5, 5.41) is 11.9. The molecule has 1 amide bonds. The van der Waals surface area contributed by atoms with E-state index in [1.165, 1.54) is 0 Å². The van der Waals surface area contributed by atoms with Gasteiger partial charge in [-0.3, -0.25) is 9.59 Å². The minimum Gasteiger partial charge on any atom is -0.481 e. The van der Waals surface area contributed by atoms with Crippen LogP contribution in [0.5, 0.6) is 0 Å². The van der Waals surface area contributed by atoms with Crippen LogP contribution < -0.4 is 5.32 Å². The van der Waals surface area contributed by atoms with Gasteiger partial charge < -0.3 is 10.4 Å². The number of benzene rings is 1. The van der Waals surface area contributed by atoms with Crippen LogP contribution in [0.25, 0.3) is 0 Å². The third kappa shape index (κ3) is 3.15. The molecule has 0 aliphatic heterocycles. The lowest BCUT2D eigenvalue weighted by atomic mass is 10.0. The van der Waals surface area contributed by atoms with Crippen molar-refractivity contribution in [3.8, 4) is 0 Å². The summed E-state index contributed by atoms with van der Waals surface area (Å²) < 4.78 is 0.876. The molecule has 19 heavy (non-hydrogen) atoms. The smallest absolute Gasteiger partial charge is 0.308 e. The van der Waals surface area contributed by atoms with E-state index in [0.717, 1.165) is 22.9 Å². The van der Waals surface area contributed by atoms with Crippen molar-refractivity contribution < 1.29 is 14.7 Å². The zero-order valence-corrected chi connectivity index (χ0v) is 12.2. The number of halogens is 1. The predicted octanol–water partition coefficient (Wildman–Crippen LogP) is 2.74. The number of hydrogen-bond acceptors (Lipinski definition) is 2. The maximum atomic E-state index is 12.1. The molecule has 1 aromatic carbocycles. The first-order valence-corrected chi connectivity index (χ1v) is 7.08. The molecule has 0 saturated heterocycles. The number of carboxylic acid groups (broad SMARTS) is 1. The number of hydrogen-bond donors (Lipinski definition) is 2. The van der Waals surface area contributed by atoms with E-state index in [2.05, 4.69) is 21.2 Å². The van der Waals surface area contributed by atoms with Crippen molar-refractivity contribution in [3.63, 3.8) is 0 Å². The second-order valence-electron chi connectivity index (χ2n) is 4.92. The van der Waals surface area contributed by atoms with E-state index >= 15 is 0 Å². The predicted molar refractivity (Wildman–Crippen MR) is 75.1 cm³/mol. The van der Waals surface area contributed by atoms with Crippen molar-refractivity contribution in [2.75, 3.05) is 0 Å². The van der Waals surface area contributed by atoms with Gasteiger partial charge in [-0.25, -0.2) is 0 Å². The van der Waals surface area contributed by atoms with Crippen LogP contribution in [0.15, 0.2) is 22.7 Å². The summed E-state index contributed by atoms with van der Waals surface area (Å²) >= 11 is 3.39. The maximum absolute atomic E-state index is 12.1. The van der Waals surface area contributed by atoms with Gasteiger partial charge in [0.05, 0.1) is 5.92 Å². The van der Waals surface area contributed by atoms with Gasteiger partial charge >= 0.3 is 5.97 Å². The molecule has 4 nitrogen and oxygen atoms in total. The van der Waals surface area contributed by atoms with Crippen molar-refractivity contribution in [2.24, 2.45) is 5.92 Å².